The predicted molar refractivity (Wildman–Crippen MR) is 133 cm³/mol. The van der Waals surface area contributed by atoms with Crippen LogP contribution >= 0.6 is 0 Å². The lowest BCUT2D eigenvalue weighted by molar-refractivity contribution is -0.128. The molecule has 5 rings (SSSR count). The number of anilines is 1. The molecule has 4 heterocycles. The van der Waals surface area contributed by atoms with Crippen LogP contribution in [0.25, 0.3) is 11.3 Å². The minimum absolute atomic E-state index is 0.0103. The number of nitrogens with zero attached hydrogens (tertiary/aromatic N) is 5. The van der Waals surface area contributed by atoms with Gasteiger partial charge in [-0.05, 0) is 32.4 Å². The smallest absolute Gasteiger partial charge is 0.262 e. The molecule has 2 aromatic rings. The van der Waals surface area contributed by atoms with E-state index in [-0.39, 0.29) is 66.1 Å². The van der Waals surface area contributed by atoms with Crippen LogP contribution in [-0.4, -0.2) is 82.2 Å². The summed E-state index contributed by atoms with van der Waals surface area (Å²) in [5.41, 5.74) is -0.171. The van der Waals surface area contributed by atoms with Gasteiger partial charge in [-0.1, -0.05) is 24.8 Å². The molecule has 37 heavy (non-hydrogen) atoms. The molecule has 0 bridgehead atoms. The summed E-state index contributed by atoms with van der Waals surface area (Å²) in [7, 11) is 0. The highest BCUT2D eigenvalue weighted by molar-refractivity contribution is 6.03. The molecule has 0 spiro atoms. The number of ether oxygens (including phenoxy) is 1. The summed E-state index contributed by atoms with van der Waals surface area (Å²) in [5, 5.41) is 20.1. The minimum Gasteiger partial charge on any atom is -0.487 e. The first-order chi connectivity index (χ1) is 17.7. The Morgan fingerprint density at radius 2 is 2.08 bits per heavy atom. The van der Waals surface area contributed by atoms with Crippen LogP contribution in [0.3, 0.4) is 0 Å². The highest BCUT2D eigenvalue weighted by atomic mass is 19.1. The van der Waals surface area contributed by atoms with Crippen LogP contribution in [0, 0.1) is 17.1 Å². The summed E-state index contributed by atoms with van der Waals surface area (Å²) in [5.74, 6) is -1.54. The molecule has 1 unspecified atom stereocenters. The average Bonchev–Trinajstić information content (AvgIpc) is 3.08. The van der Waals surface area contributed by atoms with Gasteiger partial charge in [0.25, 0.3) is 5.91 Å². The first kappa shape index (κ1) is 24.7. The summed E-state index contributed by atoms with van der Waals surface area (Å²) in [6.45, 7) is 8.36. The maximum Gasteiger partial charge on any atom is 0.262 e. The first-order valence-electron chi connectivity index (χ1n) is 12.2. The zero-order chi connectivity index (χ0) is 26.5. The number of amides is 2. The summed E-state index contributed by atoms with van der Waals surface area (Å²) in [4.78, 5) is 35.8. The number of aromatic nitrogens is 1. The molecule has 0 aliphatic carbocycles. The van der Waals surface area contributed by atoms with Gasteiger partial charge in [0.05, 0.1) is 23.8 Å². The summed E-state index contributed by atoms with van der Waals surface area (Å²) < 4.78 is 22.2. The number of aliphatic hydroxyl groups excluding tert-OH is 1. The lowest BCUT2D eigenvalue weighted by atomic mass is 9.99. The Bertz CT molecular complexity index is 1340. The number of hydrogen-bond donors (Lipinski definition) is 1. The van der Waals surface area contributed by atoms with Gasteiger partial charge < -0.3 is 24.5 Å². The van der Waals surface area contributed by atoms with Crippen molar-refractivity contribution in [2.24, 2.45) is 0 Å². The number of hydrogen-bond acceptors (Lipinski definition) is 7. The van der Waals surface area contributed by atoms with Gasteiger partial charge in [-0.2, -0.15) is 5.26 Å². The van der Waals surface area contributed by atoms with Gasteiger partial charge in [-0.3, -0.25) is 9.59 Å². The Morgan fingerprint density at radius 1 is 1.32 bits per heavy atom. The standard InChI is InChI=1S/C27H28FN5O4/c1-4-20(35)31-9-10-32-17(13-31)15-37-24-21(26(32)36)25(33-14-18(34)11-27(33,2)3)30-23(22(24)28)19-8-6-5-7-16(19)12-29/h4-8,17-18,34H,1,9-11,13-15H2,2-3H3/t17-,18?/m1/s1. The molecule has 3 aliphatic heterocycles. The van der Waals surface area contributed by atoms with E-state index in [0.29, 0.717) is 13.0 Å². The van der Waals surface area contributed by atoms with Crippen LogP contribution in [0.2, 0.25) is 0 Å². The number of nitriles is 1. The Kier molecular flexibility index (Phi) is 6.12. The fraction of sp³-hybridized carbons (Fsp3) is 0.407. The number of rotatable bonds is 3. The first-order valence-corrected chi connectivity index (χ1v) is 12.2. The molecule has 2 atom stereocenters. The Balaban J connectivity index is 1.69. The molecule has 2 saturated heterocycles. The molecule has 2 fully saturated rings. The number of piperazine rings is 1. The number of halogens is 1. The number of aliphatic hydroxyl groups is 1. The normalized spacial score (nSPS) is 22.5. The molecular formula is C27H28FN5O4. The van der Waals surface area contributed by atoms with E-state index >= 15 is 4.39 Å². The SMILES string of the molecule is C=CC(=O)N1CCN2C(=O)c3c(N4CC(O)CC4(C)C)nc(-c4ccccc4C#N)c(F)c3OC[C@H]2C1. The van der Waals surface area contributed by atoms with E-state index in [4.69, 9.17) is 4.74 Å². The van der Waals surface area contributed by atoms with Gasteiger partial charge >= 0.3 is 0 Å². The van der Waals surface area contributed by atoms with Crippen molar-refractivity contribution >= 4 is 17.6 Å². The van der Waals surface area contributed by atoms with Crippen molar-refractivity contribution in [2.75, 3.05) is 37.7 Å². The minimum atomic E-state index is -0.828. The van der Waals surface area contributed by atoms with Crippen molar-refractivity contribution in [1.29, 1.82) is 5.26 Å². The van der Waals surface area contributed by atoms with Crippen molar-refractivity contribution in [2.45, 2.75) is 38.0 Å². The van der Waals surface area contributed by atoms with E-state index < -0.39 is 29.4 Å². The van der Waals surface area contributed by atoms with Crippen LogP contribution in [0.4, 0.5) is 10.2 Å². The third-order valence-corrected chi connectivity index (χ3v) is 7.36. The second kappa shape index (κ2) is 9.16. The second-order valence-corrected chi connectivity index (χ2v) is 10.2. The van der Waals surface area contributed by atoms with E-state index in [0.717, 1.165) is 0 Å². The molecule has 0 saturated carbocycles. The third kappa shape index (κ3) is 4.09. The lowest BCUT2D eigenvalue weighted by Gasteiger charge is -2.40. The Hall–Kier alpha value is -3.97. The van der Waals surface area contributed by atoms with E-state index in [1.54, 1.807) is 34.1 Å². The zero-order valence-electron chi connectivity index (χ0n) is 20.8. The molecule has 192 valence electrons. The zero-order valence-corrected chi connectivity index (χ0v) is 20.8. The molecule has 1 aromatic heterocycles. The van der Waals surface area contributed by atoms with Crippen LogP contribution in [0.1, 0.15) is 36.2 Å². The maximum absolute atomic E-state index is 16.2. The van der Waals surface area contributed by atoms with Gasteiger partial charge in [0, 0.05) is 37.3 Å². The van der Waals surface area contributed by atoms with Crippen LogP contribution in [0.15, 0.2) is 36.9 Å². The monoisotopic (exact) mass is 505 g/mol. The van der Waals surface area contributed by atoms with E-state index in [1.807, 2.05) is 18.7 Å². The van der Waals surface area contributed by atoms with Gasteiger partial charge in [0.2, 0.25) is 5.91 Å². The number of carbonyl (C=O) groups excluding carboxylic acids is 2. The predicted octanol–water partition coefficient (Wildman–Crippen LogP) is 2.34. The van der Waals surface area contributed by atoms with E-state index in [2.05, 4.69) is 17.6 Å². The average molecular weight is 506 g/mol. The quantitative estimate of drug-likeness (QED) is 0.638. The van der Waals surface area contributed by atoms with Gasteiger partial charge in [0.1, 0.15) is 23.7 Å². The van der Waals surface area contributed by atoms with Crippen molar-refractivity contribution in [3.05, 3.63) is 53.9 Å². The number of β-amino-alcohol motifs (C(OH)–C–C–N with tert-alkyl or cyclic N) is 1. The van der Waals surface area contributed by atoms with Crippen molar-refractivity contribution in [3.8, 4) is 23.1 Å². The highest BCUT2D eigenvalue weighted by Crippen LogP contribution is 2.44. The summed E-state index contributed by atoms with van der Waals surface area (Å²) in [6, 6.07) is 8.12. The van der Waals surface area contributed by atoms with E-state index in [1.165, 1.54) is 6.08 Å². The largest absolute Gasteiger partial charge is 0.487 e. The summed E-state index contributed by atoms with van der Waals surface area (Å²) in [6.07, 6.45) is 1.01. The molecule has 2 amide bonds. The second-order valence-electron chi connectivity index (χ2n) is 10.2. The fourth-order valence-electron chi connectivity index (χ4n) is 5.52. The molecular weight excluding hydrogens is 477 g/mol. The van der Waals surface area contributed by atoms with E-state index in [9.17, 15) is 20.0 Å². The number of pyridine rings is 1. The fourth-order valence-corrected chi connectivity index (χ4v) is 5.52. The van der Waals surface area contributed by atoms with Crippen LogP contribution in [-0.2, 0) is 4.79 Å². The molecule has 9 nitrogen and oxygen atoms in total. The van der Waals surface area contributed by atoms with Gasteiger partial charge in [0.15, 0.2) is 11.6 Å². The molecule has 1 aromatic carbocycles. The lowest BCUT2D eigenvalue weighted by Crippen LogP contribution is -2.57. The number of benzene rings is 1. The molecule has 1 N–H and O–H groups in total. The van der Waals surface area contributed by atoms with Crippen molar-refractivity contribution < 1.29 is 23.8 Å². The van der Waals surface area contributed by atoms with Crippen LogP contribution in [0.5, 0.6) is 5.75 Å². The molecule has 10 heteroatoms. The third-order valence-electron chi connectivity index (χ3n) is 7.36. The Labute approximate surface area is 214 Å². The Morgan fingerprint density at radius 3 is 2.76 bits per heavy atom. The number of fused-ring (bicyclic) bond motifs is 2. The topological polar surface area (TPSA) is 110 Å². The molecule has 3 aliphatic rings. The van der Waals surface area contributed by atoms with Crippen molar-refractivity contribution in [1.82, 2.24) is 14.8 Å². The summed E-state index contributed by atoms with van der Waals surface area (Å²) >= 11 is 0. The molecule has 0 radical (unpaired) electrons. The number of carbonyl (C=O) groups is 2. The highest BCUT2D eigenvalue weighted by Gasteiger charge is 2.45. The maximum atomic E-state index is 16.2. The van der Waals surface area contributed by atoms with Crippen molar-refractivity contribution in [3.63, 3.8) is 0 Å². The van der Waals surface area contributed by atoms with Gasteiger partial charge in [-0.15, -0.1) is 0 Å². The van der Waals surface area contributed by atoms with Gasteiger partial charge in [-0.25, -0.2) is 9.37 Å². The van der Waals surface area contributed by atoms with Crippen LogP contribution < -0.4 is 9.64 Å².